The molecule has 8 heteroatoms. The van der Waals surface area contributed by atoms with Gasteiger partial charge >= 0.3 is 5.97 Å². The Morgan fingerprint density at radius 2 is 1.57 bits per heavy atom. The maximum Gasteiger partial charge on any atom is 0.310 e. The molecule has 0 aliphatic carbocycles. The van der Waals surface area contributed by atoms with Gasteiger partial charge in [-0.15, -0.1) is 4.37 Å². The summed E-state index contributed by atoms with van der Waals surface area (Å²) in [7, 11) is 2.21. The van der Waals surface area contributed by atoms with Crippen LogP contribution in [0.25, 0.3) is 5.57 Å². The summed E-state index contributed by atoms with van der Waals surface area (Å²) in [5.41, 5.74) is 2.03. The van der Waals surface area contributed by atoms with Crippen molar-refractivity contribution < 1.29 is 31.2 Å². The van der Waals surface area contributed by atoms with E-state index in [1.165, 1.54) is 75.9 Å². The molecule has 0 radical (unpaired) electrons. The summed E-state index contributed by atoms with van der Waals surface area (Å²) in [4.78, 5) is 12.7. The van der Waals surface area contributed by atoms with Crippen LogP contribution in [0.15, 0.2) is 6.08 Å². The Balaban J connectivity index is 0.00000684. The second-order valence-electron chi connectivity index (χ2n) is 10.6. The van der Waals surface area contributed by atoms with Crippen molar-refractivity contribution in [3.8, 4) is 5.88 Å². The molecule has 0 saturated carbocycles. The largest absolute Gasteiger partial charge is 1.00 e. The molecule has 2 heterocycles. The average Bonchev–Trinajstić information content (AvgIpc) is 3.34. The van der Waals surface area contributed by atoms with Crippen LogP contribution in [-0.4, -0.2) is 52.2 Å². The topological polar surface area (TPSA) is 61.3 Å². The lowest BCUT2D eigenvalue weighted by atomic mass is 10.0. The van der Waals surface area contributed by atoms with Gasteiger partial charge in [0.2, 0.25) is 6.23 Å². The molecule has 1 aromatic heterocycles. The van der Waals surface area contributed by atoms with E-state index in [1.807, 2.05) is 0 Å². The summed E-state index contributed by atoms with van der Waals surface area (Å²) in [5, 5.41) is 0. The maximum absolute atomic E-state index is 12.7. The highest BCUT2D eigenvalue weighted by Crippen LogP contribution is 2.32. The first-order valence-corrected chi connectivity index (χ1v) is 15.5. The molecule has 0 spiro atoms. The summed E-state index contributed by atoms with van der Waals surface area (Å²) < 4.78 is 21.7. The van der Waals surface area contributed by atoms with E-state index in [9.17, 15) is 4.79 Å². The number of carbonyl (C=O) groups excluding carboxylic acids is 1. The minimum atomic E-state index is -0.134. The minimum absolute atomic E-state index is 0. The van der Waals surface area contributed by atoms with Gasteiger partial charge in [0, 0.05) is 24.8 Å². The monoisotopic (exact) mass is 557 g/mol. The molecule has 0 bridgehead atoms. The molecule has 214 valence electrons. The van der Waals surface area contributed by atoms with E-state index in [4.69, 9.17) is 9.47 Å². The highest BCUT2D eigenvalue weighted by molar-refractivity contribution is 6.99. The van der Waals surface area contributed by atoms with Crippen molar-refractivity contribution in [3.63, 3.8) is 0 Å². The number of esters is 1. The van der Waals surface area contributed by atoms with Crippen LogP contribution < -0.4 is 17.1 Å². The molecule has 0 N–H and O–H groups in total. The quantitative estimate of drug-likeness (QED) is 0.129. The summed E-state index contributed by atoms with van der Waals surface area (Å²) in [6, 6.07) is 0. The zero-order valence-electron chi connectivity index (χ0n) is 23.9. The van der Waals surface area contributed by atoms with Crippen molar-refractivity contribution in [2.45, 2.75) is 130 Å². The number of likely N-dealkylation sites (N-methyl/N-ethyl adjacent to an activating group) is 1. The van der Waals surface area contributed by atoms with Crippen molar-refractivity contribution in [2.24, 2.45) is 0 Å². The fraction of sp³-hybridized carbons (Fsp3) is 0.828. The molecule has 37 heavy (non-hydrogen) atoms. The molecule has 0 amide bonds. The van der Waals surface area contributed by atoms with Crippen molar-refractivity contribution in [1.29, 1.82) is 0 Å². The van der Waals surface area contributed by atoms with Gasteiger partial charge in [-0.25, -0.2) is 0 Å². The van der Waals surface area contributed by atoms with Crippen molar-refractivity contribution in [2.75, 3.05) is 26.7 Å². The van der Waals surface area contributed by atoms with Crippen LogP contribution in [0, 0.1) is 0 Å². The van der Waals surface area contributed by atoms with Gasteiger partial charge in [0.15, 0.2) is 0 Å². The van der Waals surface area contributed by atoms with Crippen LogP contribution in [0.5, 0.6) is 5.88 Å². The molecule has 2 unspecified atom stereocenters. The SMILES string of the molecule is CCCCCCCCCCCC(=O)OC(CC)[N+]1(C)CCC=C(c2nsnc2OCCCCCC)C1.[Cl-]. The predicted octanol–water partition coefficient (Wildman–Crippen LogP) is 4.94. The molecular weight excluding hydrogens is 506 g/mol. The fourth-order valence-electron chi connectivity index (χ4n) is 5.09. The van der Waals surface area contributed by atoms with Gasteiger partial charge in [0.05, 0.1) is 31.9 Å². The number of quaternary nitrogens is 1. The van der Waals surface area contributed by atoms with Crippen LogP contribution >= 0.6 is 11.7 Å². The molecule has 6 nitrogen and oxygen atoms in total. The second kappa shape index (κ2) is 19.8. The number of carbonyl (C=O) groups is 1. The molecular formula is C29H52ClN3O3S. The number of aromatic nitrogens is 2. The van der Waals surface area contributed by atoms with Crippen molar-refractivity contribution >= 4 is 23.3 Å². The Bertz CT molecular complexity index is 773. The maximum atomic E-state index is 12.7. The summed E-state index contributed by atoms with van der Waals surface area (Å²) >= 11 is 1.21. The lowest BCUT2D eigenvalue weighted by Gasteiger charge is -2.42. The Kier molecular flexibility index (Phi) is 18.1. The normalized spacial score (nSPS) is 18.1. The van der Waals surface area contributed by atoms with Crippen molar-refractivity contribution in [1.82, 2.24) is 8.75 Å². The zero-order chi connectivity index (χ0) is 26.1. The van der Waals surface area contributed by atoms with Gasteiger partial charge in [-0.2, -0.15) is 4.37 Å². The molecule has 0 fully saturated rings. The molecule has 0 saturated heterocycles. The van der Waals surface area contributed by atoms with Gasteiger partial charge in [0.1, 0.15) is 12.2 Å². The van der Waals surface area contributed by atoms with Gasteiger partial charge in [-0.05, 0) is 12.8 Å². The van der Waals surface area contributed by atoms with E-state index in [-0.39, 0.29) is 24.6 Å². The molecule has 1 aromatic rings. The van der Waals surface area contributed by atoms with Crippen LogP contribution in [0.4, 0.5) is 0 Å². The zero-order valence-corrected chi connectivity index (χ0v) is 25.5. The van der Waals surface area contributed by atoms with Gasteiger partial charge < -0.3 is 21.9 Å². The third-order valence-electron chi connectivity index (χ3n) is 7.36. The number of unbranched alkanes of at least 4 members (excludes halogenated alkanes) is 11. The van der Waals surface area contributed by atoms with E-state index < -0.39 is 0 Å². The molecule has 0 aromatic carbocycles. The molecule has 2 atom stereocenters. The van der Waals surface area contributed by atoms with Crippen molar-refractivity contribution in [3.05, 3.63) is 11.8 Å². The molecule has 2 rings (SSSR count). The van der Waals surface area contributed by atoms with E-state index in [0.717, 1.165) is 56.5 Å². The number of hydrogen-bond donors (Lipinski definition) is 0. The van der Waals surface area contributed by atoms with Crippen LogP contribution in [-0.2, 0) is 9.53 Å². The van der Waals surface area contributed by atoms with Gasteiger partial charge in [-0.3, -0.25) is 9.28 Å². The predicted molar refractivity (Wildman–Crippen MR) is 150 cm³/mol. The number of halogens is 1. The van der Waals surface area contributed by atoms with Crippen LogP contribution in [0.3, 0.4) is 0 Å². The van der Waals surface area contributed by atoms with E-state index in [1.54, 1.807) is 0 Å². The lowest BCUT2D eigenvalue weighted by Crippen LogP contribution is -3.00. The molecule has 1 aliphatic rings. The lowest BCUT2D eigenvalue weighted by molar-refractivity contribution is -0.947. The number of hydrogen-bond acceptors (Lipinski definition) is 6. The Labute approximate surface area is 236 Å². The Morgan fingerprint density at radius 3 is 2.22 bits per heavy atom. The summed E-state index contributed by atoms with van der Waals surface area (Å²) in [6.45, 7) is 9.01. The first kappa shape index (κ1) is 33.8. The van der Waals surface area contributed by atoms with E-state index >= 15 is 0 Å². The fourth-order valence-corrected chi connectivity index (χ4v) is 5.63. The Morgan fingerprint density at radius 1 is 0.946 bits per heavy atom. The number of rotatable bonds is 20. The smallest absolute Gasteiger partial charge is 0.310 e. The number of nitrogens with zero attached hydrogens (tertiary/aromatic N) is 3. The molecule has 1 aliphatic heterocycles. The Hall–Kier alpha value is -1.18. The van der Waals surface area contributed by atoms with Gasteiger partial charge in [-0.1, -0.05) is 97.5 Å². The summed E-state index contributed by atoms with van der Waals surface area (Å²) in [5.74, 6) is 0.610. The second-order valence-corrected chi connectivity index (χ2v) is 11.2. The first-order valence-electron chi connectivity index (χ1n) is 14.7. The third kappa shape index (κ3) is 12.5. The van der Waals surface area contributed by atoms with Crippen LogP contribution in [0.2, 0.25) is 0 Å². The van der Waals surface area contributed by atoms with Crippen LogP contribution in [0.1, 0.15) is 129 Å². The summed E-state index contributed by atoms with van der Waals surface area (Å²) in [6.07, 6.45) is 20.4. The minimum Gasteiger partial charge on any atom is -1.00 e. The average molecular weight is 558 g/mol. The highest BCUT2D eigenvalue weighted by atomic mass is 35.5. The number of ether oxygens (including phenoxy) is 2. The first-order chi connectivity index (χ1) is 17.5. The van der Waals surface area contributed by atoms with Gasteiger partial charge in [0.25, 0.3) is 5.88 Å². The highest BCUT2D eigenvalue weighted by Gasteiger charge is 2.38. The standard InChI is InChI=1S/C29H52N3O3S.ClH/c1-5-8-10-12-13-14-15-16-17-21-27(33)35-26(7-3)32(4)22-19-20-25(24-32)28-29(31-36-30-28)34-23-18-11-9-6-2;/h20,26H,5-19,21-24H2,1-4H3;1H/q+1;/p-1. The van der Waals surface area contributed by atoms with E-state index in [0.29, 0.717) is 23.4 Å². The third-order valence-corrected chi connectivity index (χ3v) is 7.87. The van der Waals surface area contributed by atoms with E-state index in [2.05, 4.69) is 42.6 Å².